The number of hydrogen-bond acceptors (Lipinski definition) is 9. The van der Waals surface area contributed by atoms with Crippen molar-refractivity contribution >= 4 is 50.9 Å². The van der Waals surface area contributed by atoms with Gasteiger partial charge in [0.2, 0.25) is 5.78 Å². The predicted octanol–water partition coefficient (Wildman–Crippen LogP) is 0.472. The molecule has 0 unspecified atom stereocenters. The number of primary amides is 1. The van der Waals surface area contributed by atoms with E-state index >= 15 is 0 Å². The number of nitrogens with two attached hydrogens (primary N) is 1. The predicted molar refractivity (Wildman–Crippen MR) is 128 cm³/mol. The fourth-order valence-corrected chi connectivity index (χ4v) is 5.62. The van der Waals surface area contributed by atoms with Crippen LogP contribution >= 0.6 is 15.9 Å². The van der Waals surface area contributed by atoms with Crippen molar-refractivity contribution in [2.24, 2.45) is 17.6 Å². The van der Waals surface area contributed by atoms with Gasteiger partial charge in [0.25, 0.3) is 5.91 Å². The van der Waals surface area contributed by atoms with Crippen molar-refractivity contribution in [2.75, 3.05) is 17.2 Å². The van der Waals surface area contributed by atoms with Gasteiger partial charge >= 0.3 is 6.03 Å². The van der Waals surface area contributed by atoms with Gasteiger partial charge in [0.1, 0.15) is 22.8 Å². The molecule has 0 spiro atoms. The van der Waals surface area contributed by atoms with Crippen molar-refractivity contribution in [1.82, 2.24) is 5.32 Å². The number of phenols is 1. The van der Waals surface area contributed by atoms with E-state index in [4.69, 9.17) is 5.73 Å². The molecule has 0 saturated heterocycles. The van der Waals surface area contributed by atoms with Crippen LogP contribution in [0, 0.1) is 11.8 Å². The number of aliphatic hydroxyl groups excluding tert-OH is 3. The molecule has 0 aromatic heterocycles. The van der Waals surface area contributed by atoms with Crippen molar-refractivity contribution in [1.29, 1.82) is 0 Å². The number of alkyl halides is 1. The van der Waals surface area contributed by atoms with Crippen LogP contribution < -0.4 is 16.4 Å². The third-order valence-corrected chi connectivity index (χ3v) is 7.53. The zero-order chi connectivity index (χ0) is 26.7. The standard InChI is InChI=1S/C23H24BrN3O9/c1-7-8-2-3-10(27-22(35)26-5-4-24)17(30)13(8)18(31)15-12(7)16(29)9-6-11(28)14(21(25)34)19(32)23(9,36)20(15)33/h2-3,7,9,12,16,29-32,36H,4-6H2,1H3,(H2,25,34)(H2,26,27,35)/t7-,9+,12+,16+,23+/m0/s1. The lowest BCUT2D eigenvalue weighted by Gasteiger charge is -2.50. The fourth-order valence-electron chi connectivity index (χ4n) is 5.43. The van der Waals surface area contributed by atoms with Crippen molar-refractivity contribution in [3.05, 3.63) is 40.2 Å². The molecule has 3 amide bonds. The highest BCUT2D eigenvalue weighted by Gasteiger charge is 2.64. The highest BCUT2D eigenvalue weighted by molar-refractivity contribution is 9.09. The average Bonchev–Trinajstić information content (AvgIpc) is 2.81. The smallest absolute Gasteiger partial charge is 0.319 e. The third-order valence-electron chi connectivity index (χ3n) is 7.13. The van der Waals surface area contributed by atoms with Crippen LogP contribution in [-0.4, -0.2) is 72.6 Å². The van der Waals surface area contributed by atoms with Crippen LogP contribution in [0.1, 0.15) is 30.4 Å². The van der Waals surface area contributed by atoms with E-state index in [2.05, 4.69) is 26.6 Å². The highest BCUT2D eigenvalue weighted by Crippen LogP contribution is 2.56. The number of halogens is 1. The van der Waals surface area contributed by atoms with Crippen LogP contribution in [0.15, 0.2) is 29.0 Å². The number of phenolic OH excluding ortho intramolecular Hbond substituents is 1. The minimum atomic E-state index is -2.91. The van der Waals surface area contributed by atoms with Crippen molar-refractivity contribution in [3.63, 3.8) is 0 Å². The van der Waals surface area contributed by atoms with Gasteiger partial charge in [-0.2, -0.15) is 0 Å². The van der Waals surface area contributed by atoms with Crippen LogP contribution in [-0.2, 0) is 14.4 Å². The van der Waals surface area contributed by atoms with Gasteiger partial charge in [0, 0.05) is 35.7 Å². The molecule has 1 aromatic carbocycles. The maximum absolute atomic E-state index is 13.6. The van der Waals surface area contributed by atoms with E-state index in [1.165, 1.54) is 12.1 Å². The molecule has 4 rings (SSSR count). The van der Waals surface area contributed by atoms with Gasteiger partial charge in [-0.3, -0.25) is 14.4 Å². The fraction of sp³-hybridized carbons (Fsp3) is 0.391. The van der Waals surface area contributed by atoms with Crippen LogP contribution in [0.4, 0.5) is 10.5 Å². The topological polar surface area (TPSA) is 220 Å². The molecule has 0 heterocycles. The lowest BCUT2D eigenvalue weighted by molar-refractivity contribution is -0.160. The molecule has 12 nitrogen and oxygen atoms in total. The maximum Gasteiger partial charge on any atom is 0.319 e. The number of nitrogens with one attached hydrogen (secondary N) is 2. The highest BCUT2D eigenvalue weighted by atomic mass is 79.9. The number of carbonyl (C=O) groups is 4. The van der Waals surface area contributed by atoms with E-state index in [-0.39, 0.29) is 11.3 Å². The van der Waals surface area contributed by atoms with Crippen LogP contribution in [0.2, 0.25) is 0 Å². The molecule has 3 aliphatic rings. The zero-order valence-corrected chi connectivity index (χ0v) is 20.5. The lowest BCUT2D eigenvalue weighted by Crippen LogP contribution is -2.63. The summed E-state index contributed by atoms with van der Waals surface area (Å²) in [5, 5.41) is 60.6. The molecule has 1 saturated carbocycles. The maximum atomic E-state index is 13.6. The summed E-state index contributed by atoms with van der Waals surface area (Å²) in [6.45, 7) is 1.91. The van der Waals surface area contributed by atoms with Crippen LogP contribution in [0.3, 0.4) is 0 Å². The number of hydrogen-bond donors (Lipinski definition) is 8. The van der Waals surface area contributed by atoms with Crippen molar-refractivity contribution in [3.8, 4) is 5.75 Å². The number of urea groups is 1. The van der Waals surface area contributed by atoms with Gasteiger partial charge in [-0.15, -0.1) is 0 Å². The summed E-state index contributed by atoms with van der Waals surface area (Å²) < 4.78 is 0. The summed E-state index contributed by atoms with van der Waals surface area (Å²) in [6.07, 6.45) is -2.25. The number of aliphatic hydroxyl groups is 4. The molecule has 1 aromatic rings. The Labute approximate surface area is 212 Å². The number of Topliss-reactive ketones (excluding diaryl/α,β-unsaturated/α-hetero) is 2. The van der Waals surface area contributed by atoms with Crippen LogP contribution in [0.25, 0.3) is 5.76 Å². The number of ketones is 2. The third kappa shape index (κ3) is 3.49. The summed E-state index contributed by atoms with van der Waals surface area (Å²) in [4.78, 5) is 49.9. The van der Waals surface area contributed by atoms with E-state index in [1.807, 2.05) is 0 Å². The Balaban J connectivity index is 1.88. The molecule has 0 aliphatic heterocycles. The Morgan fingerprint density at radius 2 is 1.89 bits per heavy atom. The van der Waals surface area contributed by atoms with Crippen LogP contribution in [0.5, 0.6) is 5.75 Å². The first kappa shape index (κ1) is 25.7. The van der Waals surface area contributed by atoms with E-state index in [1.54, 1.807) is 6.92 Å². The van der Waals surface area contributed by atoms with Gasteiger partial charge < -0.3 is 41.9 Å². The second kappa shape index (κ2) is 8.91. The Morgan fingerprint density at radius 1 is 1.22 bits per heavy atom. The first-order valence-electron chi connectivity index (χ1n) is 11.0. The van der Waals surface area contributed by atoms with Gasteiger partial charge in [-0.25, -0.2) is 4.79 Å². The largest absolute Gasteiger partial charge is 0.508 e. The molecule has 36 heavy (non-hydrogen) atoms. The number of fused-ring (bicyclic) bond motifs is 3. The van der Waals surface area contributed by atoms with Gasteiger partial charge in [-0.05, 0) is 17.5 Å². The normalized spacial score (nSPS) is 29.3. The second-order valence-corrected chi connectivity index (χ2v) is 9.77. The molecule has 13 heteroatoms. The average molecular weight is 566 g/mol. The summed E-state index contributed by atoms with van der Waals surface area (Å²) >= 11 is 3.16. The van der Waals surface area contributed by atoms with E-state index < -0.39 is 87.8 Å². The van der Waals surface area contributed by atoms with E-state index in [9.17, 15) is 44.7 Å². The lowest BCUT2D eigenvalue weighted by atomic mass is 9.55. The van der Waals surface area contributed by atoms with E-state index in [0.29, 0.717) is 17.4 Å². The van der Waals surface area contributed by atoms with Crippen molar-refractivity contribution < 1.29 is 44.7 Å². The Hall–Kier alpha value is -3.42. The number of rotatable bonds is 4. The summed E-state index contributed by atoms with van der Waals surface area (Å²) in [6, 6.07) is 2.25. The molecule has 5 atom stereocenters. The summed E-state index contributed by atoms with van der Waals surface area (Å²) in [7, 11) is 0. The molecule has 0 radical (unpaired) electrons. The first-order chi connectivity index (χ1) is 16.9. The summed E-state index contributed by atoms with van der Waals surface area (Å²) in [5.41, 5.74) is 0.843. The molecule has 9 N–H and O–H groups in total. The number of amides is 3. The monoisotopic (exact) mass is 565 g/mol. The minimum Gasteiger partial charge on any atom is -0.508 e. The van der Waals surface area contributed by atoms with Gasteiger partial charge in [0.05, 0.1) is 17.4 Å². The first-order valence-corrected chi connectivity index (χ1v) is 12.1. The van der Waals surface area contributed by atoms with E-state index in [0.717, 1.165) is 0 Å². The Bertz CT molecular complexity index is 1270. The molecule has 3 aliphatic carbocycles. The number of carbonyl (C=O) groups excluding carboxylic acids is 4. The molecule has 0 bridgehead atoms. The zero-order valence-electron chi connectivity index (χ0n) is 18.9. The quantitative estimate of drug-likeness (QED) is 0.144. The number of benzene rings is 1. The Kier molecular flexibility index (Phi) is 6.35. The minimum absolute atomic E-state index is 0.0824. The molecule has 1 fully saturated rings. The van der Waals surface area contributed by atoms with Crippen molar-refractivity contribution in [2.45, 2.75) is 31.0 Å². The molecule has 192 valence electrons. The number of aromatic hydroxyl groups is 1. The molecular formula is C23H24BrN3O9. The Morgan fingerprint density at radius 3 is 2.50 bits per heavy atom. The number of anilines is 1. The SMILES string of the molecule is C[C@H]1c2ccc(NC(=O)NCCBr)c(O)c2C(O)=C2C(=O)[C@]3(O)C(O)=C(C(N)=O)C(=O)C[C@@H]3[C@@H](O)[C@@H]21. The molecular weight excluding hydrogens is 542 g/mol. The van der Waals surface area contributed by atoms with Gasteiger partial charge in [0.15, 0.2) is 11.4 Å². The van der Waals surface area contributed by atoms with Gasteiger partial charge in [-0.1, -0.05) is 28.9 Å². The second-order valence-electron chi connectivity index (χ2n) is 8.98. The summed E-state index contributed by atoms with van der Waals surface area (Å²) in [5.74, 6) is -9.52.